The van der Waals surface area contributed by atoms with Crippen LogP contribution in [0.5, 0.6) is 0 Å². The second-order valence-corrected chi connectivity index (χ2v) is 6.19. The fourth-order valence-corrected chi connectivity index (χ4v) is 4.59. The SMILES string of the molecule is Cc1cc(C)c2c(c1)-c1cccc(C)c1[C@@H]2I. The molecule has 0 fully saturated rings. The zero-order chi connectivity index (χ0) is 12.2. The molecule has 2 aromatic carbocycles. The molecule has 0 heterocycles. The quantitative estimate of drug-likeness (QED) is 0.464. The number of alkyl halides is 1. The number of rotatable bonds is 0. The summed E-state index contributed by atoms with van der Waals surface area (Å²) in [5.74, 6) is 0. The van der Waals surface area contributed by atoms with Crippen LogP contribution in [0.4, 0.5) is 0 Å². The van der Waals surface area contributed by atoms with Crippen LogP contribution in [0, 0.1) is 20.8 Å². The van der Waals surface area contributed by atoms with Crippen molar-refractivity contribution in [1.29, 1.82) is 0 Å². The van der Waals surface area contributed by atoms with E-state index in [9.17, 15) is 0 Å². The third-order valence-electron chi connectivity index (χ3n) is 3.65. The van der Waals surface area contributed by atoms with E-state index in [2.05, 4.69) is 73.7 Å². The molecule has 1 aliphatic carbocycles. The molecule has 17 heavy (non-hydrogen) atoms. The molecule has 0 radical (unpaired) electrons. The van der Waals surface area contributed by atoms with E-state index < -0.39 is 0 Å². The normalized spacial score (nSPS) is 16.8. The highest BCUT2D eigenvalue weighted by Gasteiger charge is 2.29. The van der Waals surface area contributed by atoms with Crippen molar-refractivity contribution in [2.24, 2.45) is 0 Å². The van der Waals surface area contributed by atoms with Crippen molar-refractivity contribution in [1.82, 2.24) is 0 Å². The summed E-state index contributed by atoms with van der Waals surface area (Å²) < 4.78 is 0.513. The molecule has 0 saturated heterocycles. The topological polar surface area (TPSA) is 0 Å². The van der Waals surface area contributed by atoms with Gasteiger partial charge in [-0.15, -0.1) is 0 Å². The van der Waals surface area contributed by atoms with Gasteiger partial charge in [0.1, 0.15) is 0 Å². The molecule has 0 aromatic heterocycles. The summed E-state index contributed by atoms with van der Waals surface area (Å²) in [5, 5.41) is 0. The summed E-state index contributed by atoms with van der Waals surface area (Å²) in [7, 11) is 0. The minimum atomic E-state index is 0.513. The van der Waals surface area contributed by atoms with E-state index >= 15 is 0 Å². The predicted octanol–water partition coefficient (Wildman–Crippen LogP) is 5.12. The monoisotopic (exact) mass is 334 g/mol. The van der Waals surface area contributed by atoms with Gasteiger partial charge >= 0.3 is 0 Å². The second kappa shape index (κ2) is 3.84. The van der Waals surface area contributed by atoms with Crippen LogP contribution in [-0.2, 0) is 0 Å². The van der Waals surface area contributed by atoms with Gasteiger partial charge in [0.25, 0.3) is 0 Å². The van der Waals surface area contributed by atoms with Gasteiger partial charge in [0.2, 0.25) is 0 Å². The lowest BCUT2D eigenvalue weighted by atomic mass is 9.99. The van der Waals surface area contributed by atoms with Crippen molar-refractivity contribution in [3.05, 3.63) is 58.1 Å². The van der Waals surface area contributed by atoms with Gasteiger partial charge in [0, 0.05) is 0 Å². The Morgan fingerprint density at radius 2 is 1.59 bits per heavy atom. The van der Waals surface area contributed by atoms with Crippen LogP contribution in [0.25, 0.3) is 11.1 Å². The molecule has 3 rings (SSSR count). The summed E-state index contributed by atoms with van der Waals surface area (Å²) in [6.45, 7) is 6.64. The number of halogens is 1. The summed E-state index contributed by atoms with van der Waals surface area (Å²) in [5.41, 5.74) is 10.1. The Bertz CT molecular complexity index is 611. The van der Waals surface area contributed by atoms with Crippen molar-refractivity contribution in [2.45, 2.75) is 24.7 Å². The number of hydrogen-bond donors (Lipinski definition) is 0. The zero-order valence-electron chi connectivity index (χ0n) is 10.3. The minimum absolute atomic E-state index is 0.513. The molecule has 2 aromatic rings. The first-order valence-corrected chi connectivity index (χ1v) is 7.19. The Kier molecular flexibility index (Phi) is 2.54. The van der Waals surface area contributed by atoms with Crippen molar-refractivity contribution < 1.29 is 0 Å². The van der Waals surface area contributed by atoms with Gasteiger partial charge in [-0.1, -0.05) is 58.5 Å². The van der Waals surface area contributed by atoms with E-state index in [0.717, 1.165) is 0 Å². The van der Waals surface area contributed by atoms with Gasteiger partial charge < -0.3 is 0 Å². The van der Waals surface area contributed by atoms with Crippen LogP contribution >= 0.6 is 22.6 Å². The number of fused-ring (bicyclic) bond motifs is 3. The van der Waals surface area contributed by atoms with Gasteiger partial charge in [-0.3, -0.25) is 0 Å². The molecular formula is C16H15I. The maximum Gasteiger partial charge on any atom is 0.0625 e. The molecule has 1 heteroatoms. The Morgan fingerprint density at radius 3 is 2.35 bits per heavy atom. The van der Waals surface area contributed by atoms with Crippen LogP contribution in [-0.4, -0.2) is 0 Å². The fraction of sp³-hybridized carbons (Fsp3) is 0.250. The molecule has 0 aliphatic heterocycles. The lowest BCUT2D eigenvalue weighted by molar-refractivity contribution is 1.19. The van der Waals surface area contributed by atoms with E-state index in [0.29, 0.717) is 3.92 Å². The molecule has 1 atom stereocenters. The van der Waals surface area contributed by atoms with Gasteiger partial charge in [0.05, 0.1) is 3.92 Å². The average molecular weight is 334 g/mol. The minimum Gasteiger partial charge on any atom is -0.0721 e. The first-order chi connectivity index (χ1) is 8.09. The standard InChI is InChI=1S/C16H15I/c1-9-7-11(3)15-13(8-9)12-6-4-5-10(2)14(12)16(15)17/h4-8,16H,1-3H3/t16-/m0/s1. The highest BCUT2D eigenvalue weighted by Crippen LogP contribution is 2.50. The smallest absolute Gasteiger partial charge is 0.0625 e. The molecule has 0 bridgehead atoms. The third-order valence-corrected chi connectivity index (χ3v) is 4.90. The molecule has 86 valence electrons. The highest BCUT2D eigenvalue weighted by molar-refractivity contribution is 14.1. The lowest BCUT2D eigenvalue weighted by Gasteiger charge is -2.10. The number of benzene rings is 2. The maximum absolute atomic E-state index is 2.58. The molecule has 0 spiro atoms. The van der Waals surface area contributed by atoms with Crippen LogP contribution in [0.2, 0.25) is 0 Å². The van der Waals surface area contributed by atoms with E-state index in [4.69, 9.17) is 0 Å². The Balaban J connectivity index is 2.39. The molecule has 0 unspecified atom stereocenters. The van der Waals surface area contributed by atoms with E-state index in [-0.39, 0.29) is 0 Å². The van der Waals surface area contributed by atoms with Crippen molar-refractivity contribution in [3.63, 3.8) is 0 Å². The predicted molar refractivity (Wildman–Crippen MR) is 82.0 cm³/mol. The molecular weight excluding hydrogens is 319 g/mol. The fourth-order valence-electron chi connectivity index (χ4n) is 2.93. The summed E-state index contributed by atoms with van der Waals surface area (Å²) >= 11 is 2.58. The average Bonchev–Trinajstić information content (AvgIpc) is 2.54. The summed E-state index contributed by atoms with van der Waals surface area (Å²) in [4.78, 5) is 0. The van der Waals surface area contributed by atoms with Gasteiger partial charge in [-0.2, -0.15) is 0 Å². The number of hydrogen-bond acceptors (Lipinski definition) is 0. The van der Waals surface area contributed by atoms with E-state index in [1.165, 1.54) is 38.9 Å². The van der Waals surface area contributed by atoms with Crippen LogP contribution in [0.3, 0.4) is 0 Å². The van der Waals surface area contributed by atoms with Crippen molar-refractivity contribution >= 4 is 22.6 Å². The van der Waals surface area contributed by atoms with Crippen LogP contribution in [0.1, 0.15) is 31.7 Å². The summed E-state index contributed by atoms with van der Waals surface area (Å²) in [6, 6.07) is 11.3. The van der Waals surface area contributed by atoms with Gasteiger partial charge in [0.15, 0.2) is 0 Å². The second-order valence-electron chi connectivity index (χ2n) is 4.94. The van der Waals surface area contributed by atoms with Gasteiger partial charge in [-0.05, 0) is 54.2 Å². The van der Waals surface area contributed by atoms with Crippen LogP contribution in [0.15, 0.2) is 30.3 Å². The zero-order valence-corrected chi connectivity index (χ0v) is 12.5. The lowest BCUT2D eigenvalue weighted by Crippen LogP contribution is -1.92. The largest absolute Gasteiger partial charge is 0.0721 e. The van der Waals surface area contributed by atoms with E-state index in [1.54, 1.807) is 0 Å². The Hall–Kier alpha value is -0.830. The summed E-state index contributed by atoms with van der Waals surface area (Å²) in [6.07, 6.45) is 0. The van der Waals surface area contributed by atoms with Crippen LogP contribution < -0.4 is 0 Å². The molecule has 0 amide bonds. The molecule has 0 N–H and O–H groups in total. The molecule has 0 nitrogen and oxygen atoms in total. The third kappa shape index (κ3) is 1.55. The molecule has 0 saturated carbocycles. The van der Waals surface area contributed by atoms with Gasteiger partial charge in [-0.25, -0.2) is 0 Å². The van der Waals surface area contributed by atoms with E-state index in [1.807, 2.05) is 0 Å². The maximum atomic E-state index is 2.58. The number of aryl methyl sites for hydroxylation is 3. The highest BCUT2D eigenvalue weighted by atomic mass is 127. The first-order valence-electron chi connectivity index (χ1n) is 5.94. The van der Waals surface area contributed by atoms with Crippen molar-refractivity contribution in [2.75, 3.05) is 0 Å². The first kappa shape index (κ1) is 11.3. The Labute approximate surface area is 116 Å². The molecule has 1 aliphatic rings. The Morgan fingerprint density at radius 1 is 0.882 bits per heavy atom. The van der Waals surface area contributed by atoms with Crippen molar-refractivity contribution in [3.8, 4) is 11.1 Å².